The molecule has 0 atom stereocenters. The van der Waals surface area contributed by atoms with Gasteiger partial charge in [0.1, 0.15) is 16.6 Å². The molecule has 0 radical (unpaired) electrons. The van der Waals surface area contributed by atoms with Crippen LogP contribution in [0.15, 0.2) is 50.0 Å². The van der Waals surface area contributed by atoms with Crippen molar-refractivity contribution in [2.24, 2.45) is 0 Å². The molecule has 0 fully saturated rings. The summed E-state index contributed by atoms with van der Waals surface area (Å²) in [6.07, 6.45) is -0.169. The molecule has 4 aromatic rings. The molecule has 0 spiro atoms. The zero-order valence-electron chi connectivity index (χ0n) is 13.7. The predicted molar refractivity (Wildman–Crippen MR) is 95.4 cm³/mol. The Balaban J connectivity index is 2.00. The lowest BCUT2D eigenvalue weighted by Gasteiger charge is -2.01. The molecule has 0 aliphatic heterocycles. The highest BCUT2D eigenvalue weighted by atomic mass is 16.4. The zero-order chi connectivity index (χ0) is 18.4. The number of rotatable bonds is 3. The monoisotopic (exact) mass is 351 g/mol. The number of anilines is 1. The Kier molecular flexibility index (Phi) is 3.50. The van der Waals surface area contributed by atoms with Gasteiger partial charge in [-0.2, -0.15) is 0 Å². The van der Waals surface area contributed by atoms with Gasteiger partial charge in [-0.15, -0.1) is 0 Å². The number of hydrogen-bond acceptors (Lipinski definition) is 5. The average Bonchev–Trinajstić information content (AvgIpc) is 2.93. The number of fused-ring (bicyclic) bond motifs is 5. The van der Waals surface area contributed by atoms with E-state index in [0.717, 1.165) is 0 Å². The van der Waals surface area contributed by atoms with Gasteiger partial charge in [-0.25, -0.2) is 4.79 Å². The summed E-state index contributed by atoms with van der Waals surface area (Å²) in [4.78, 5) is 34.6. The number of carbonyl (C=O) groups excluding carboxylic acids is 1. The van der Waals surface area contributed by atoms with Gasteiger partial charge < -0.3 is 19.3 Å². The van der Waals surface area contributed by atoms with Crippen LogP contribution in [0.4, 0.5) is 5.69 Å². The van der Waals surface area contributed by atoms with Gasteiger partial charge in [-0.05, 0) is 35.9 Å². The van der Waals surface area contributed by atoms with Crippen LogP contribution in [-0.4, -0.2) is 17.0 Å². The average molecular weight is 351 g/mol. The molecule has 2 N–H and O–H groups in total. The Morgan fingerprint density at radius 1 is 1.04 bits per heavy atom. The summed E-state index contributed by atoms with van der Waals surface area (Å²) in [6, 6.07) is 9.87. The van der Waals surface area contributed by atoms with Crippen molar-refractivity contribution in [1.29, 1.82) is 0 Å². The maximum Gasteiger partial charge on any atom is 0.348 e. The van der Waals surface area contributed by atoms with E-state index in [-0.39, 0.29) is 23.3 Å². The molecular formula is C19H13NO6. The highest BCUT2D eigenvalue weighted by molar-refractivity contribution is 6.13. The van der Waals surface area contributed by atoms with Gasteiger partial charge >= 0.3 is 11.6 Å². The number of aliphatic carboxylic acids is 1. The van der Waals surface area contributed by atoms with Crippen LogP contribution in [0.3, 0.4) is 0 Å². The highest BCUT2D eigenvalue weighted by Gasteiger charge is 2.17. The fourth-order valence-corrected chi connectivity index (χ4v) is 3.05. The van der Waals surface area contributed by atoms with Crippen molar-refractivity contribution in [3.63, 3.8) is 0 Å². The van der Waals surface area contributed by atoms with E-state index in [0.29, 0.717) is 33.2 Å². The van der Waals surface area contributed by atoms with E-state index in [9.17, 15) is 14.4 Å². The molecule has 4 rings (SSSR count). The zero-order valence-corrected chi connectivity index (χ0v) is 13.7. The van der Waals surface area contributed by atoms with Crippen molar-refractivity contribution < 1.29 is 23.5 Å². The lowest BCUT2D eigenvalue weighted by Crippen LogP contribution is -2.05. The van der Waals surface area contributed by atoms with Crippen LogP contribution in [0.25, 0.3) is 32.9 Å². The third kappa shape index (κ3) is 2.59. The van der Waals surface area contributed by atoms with Crippen molar-refractivity contribution in [1.82, 2.24) is 0 Å². The summed E-state index contributed by atoms with van der Waals surface area (Å²) >= 11 is 0. The number of amides is 1. The van der Waals surface area contributed by atoms with Crippen molar-refractivity contribution in [2.75, 3.05) is 5.32 Å². The Bertz CT molecular complexity index is 1260. The van der Waals surface area contributed by atoms with Gasteiger partial charge in [0.25, 0.3) is 0 Å². The van der Waals surface area contributed by atoms with Crippen LogP contribution in [0, 0.1) is 0 Å². The third-order valence-corrected chi connectivity index (χ3v) is 4.06. The van der Waals surface area contributed by atoms with E-state index in [1.54, 1.807) is 30.3 Å². The normalized spacial score (nSPS) is 11.3. The SMILES string of the molecule is CC(=O)Nc1ccc2oc3c4ccc(CC(=O)O)cc4oc(=O)c3c2c1. The van der Waals surface area contributed by atoms with E-state index in [1.807, 2.05) is 0 Å². The van der Waals surface area contributed by atoms with Gasteiger partial charge in [0, 0.05) is 18.0 Å². The fraction of sp³-hybridized carbons (Fsp3) is 0.105. The quantitative estimate of drug-likeness (QED) is 0.548. The van der Waals surface area contributed by atoms with Crippen LogP contribution >= 0.6 is 0 Å². The van der Waals surface area contributed by atoms with Crippen molar-refractivity contribution in [3.8, 4) is 0 Å². The minimum atomic E-state index is -0.970. The third-order valence-electron chi connectivity index (χ3n) is 4.06. The summed E-state index contributed by atoms with van der Waals surface area (Å²) < 4.78 is 11.2. The Hall–Kier alpha value is -3.61. The molecular weight excluding hydrogens is 338 g/mol. The highest BCUT2D eigenvalue weighted by Crippen LogP contribution is 2.33. The fourth-order valence-electron chi connectivity index (χ4n) is 3.05. The second-order valence-corrected chi connectivity index (χ2v) is 5.99. The molecule has 26 heavy (non-hydrogen) atoms. The maximum atomic E-state index is 12.5. The molecule has 0 saturated heterocycles. The van der Waals surface area contributed by atoms with Gasteiger partial charge in [-0.3, -0.25) is 9.59 Å². The summed E-state index contributed by atoms with van der Waals surface area (Å²) in [6.45, 7) is 1.40. The first-order chi connectivity index (χ1) is 12.4. The summed E-state index contributed by atoms with van der Waals surface area (Å²) in [5.41, 5.74) is 1.61. The lowest BCUT2D eigenvalue weighted by molar-refractivity contribution is -0.136. The van der Waals surface area contributed by atoms with E-state index >= 15 is 0 Å². The molecule has 2 aromatic carbocycles. The van der Waals surface area contributed by atoms with Gasteiger partial charge in [-0.1, -0.05) is 6.07 Å². The number of nitrogens with one attached hydrogen (secondary N) is 1. The molecule has 1 amide bonds. The van der Waals surface area contributed by atoms with Crippen molar-refractivity contribution in [3.05, 3.63) is 52.4 Å². The van der Waals surface area contributed by atoms with E-state index in [4.69, 9.17) is 13.9 Å². The standard InChI is InChI=1S/C19H13NO6/c1-9(21)20-11-3-5-14-13(8-11)17-18(25-14)12-4-2-10(7-16(22)23)6-15(12)26-19(17)24/h2-6,8H,7H2,1H3,(H,20,21)(H,22,23). The number of furan rings is 1. The minimum absolute atomic E-state index is 0.169. The molecule has 0 saturated carbocycles. The molecule has 0 aliphatic carbocycles. The predicted octanol–water partition coefficient (Wildman–Crippen LogP) is 3.28. The second-order valence-electron chi connectivity index (χ2n) is 5.99. The Morgan fingerprint density at radius 3 is 2.58 bits per heavy atom. The van der Waals surface area contributed by atoms with E-state index < -0.39 is 11.6 Å². The number of carbonyl (C=O) groups is 2. The van der Waals surface area contributed by atoms with E-state index in [2.05, 4.69) is 5.32 Å². The first-order valence-corrected chi connectivity index (χ1v) is 7.84. The van der Waals surface area contributed by atoms with Crippen molar-refractivity contribution >= 4 is 50.5 Å². The molecule has 2 aromatic heterocycles. The second kappa shape index (κ2) is 5.73. The van der Waals surface area contributed by atoms with Crippen LogP contribution in [0.1, 0.15) is 12.5 Å². The first-order valence-electron chi connectivity index (χ1n) is 7.84. The smallest absolute Gasteiger partial charge is 0.348 e. The Morgan fingerprint density at radius 2 is 1.85 bits per heavy atom. The number of hydrogen-bond donors (Lipinski definition) is 2. The molecule has 130 valence electrons. The van der Waals surface area contributed by atoms with Gasteiger partial charge in [0.15, 0.2) is 5.58 Å². The van der Waals surface area contributed by atoms with Crippen molar-refractivity contribution in [2.45, 2.75) is 13.3 Å². The van der Waals surface area contributed by atoms with Gasteiger partial charge in [0.05, 0.1) is 11.8 Å². The number of benzene rings is 2. The first kappa shape index (κ1) is 15.9. The molecule has 0 unspecified atom stereocenters. The maximum absolute atomic E-state index is 12.5. The molecule has 7 nitrogen and oxygen atoms in total. The minimum Gasteiger partial charge on any atom is -0.481 e. The van der Waals surface area contributed by atoms with Crippen LogP contribution in [-0.2, 0) is 16.0 Å². The van der Waals surface area contributed by atoms with E-state index in [1.165, 1.54) is 13.0 Å². The number of carboxylic acids is 1. The Labute approximate surface area is 145 Å². The van der Waals surface area contributed by atoms with Gasteiger partial charge in [0.2, 0.25) is 5.91 Å². The lowest BCUT2D eigenvalue weighted by atomic mass is 10.1. The summed E-state index contributed by atoms with van der Waals surface area (Å²) in [5.74, 6) is -1.19. The molecule has 7 heteroatoms. The molecule has 0 aliphatic rings. The van der Waals surface area contributed by atoms with Crippen LogP contribution in [0.2, 0.25) is 0 Å². The summed E-state index contributed by atoms with van der Waals surface area (Å²) in [7, 11) is 0. The molecule has 2 heterocycles. The number of carboxylic acid groups (broad SMARTS) is 1. The molecule has 0 bridgehead atoms. The summed E-state index contributed by atoms with van der Waals surface area (Å²) in [5, 5.41) is 13.0. The largest absolute Gasteiger partial charge is 0.481 e. The topological polar surface area (TPSA) is 110 Å². The van der Waals surface area contributed by atoms with Crippen LogP contribution in [0.5, 0.6) is 0 Å². The van der Waals surface area contributed by atoms with Crippen LogP contribution < -0.4 is 10.9 Å².